The lowest BCUT2D eigenvalue weighted by Crippen LogP contribution is -2.30. The van der Waals surface area contributed by atoms with Crippen LogP contribution in [0.5, 0.6) is 5.88 Å². The molecule has 1 atom stereocenters. The molecule has 1 saturated heterocycles. The molecule has 110 valence electrons. The number of pyridine rings is 1. The van der Waals surface area contributed by atoms with Crippen molar-refractivity contribution < 1.29 is 9.53 Å². The Bertz CT molecular complexity index is 645. The molecular weight excluding hydrogens is 420 g/mol. The lowest BCUT2D eigenvalue weighted by molar-refractivity contribution is 0.0776. The summed E-state index contributed by atoms with van der Waals surface area (Å²) >= 11 is 8.17. The Balaban J connectivity index is 1.60. The molecule has 0 saturated carbocycles. The minimum absolute atomic E-state index is 0.00558. The monoisotopic (exact) mass is 430 g/mol. The Labute approximate surface area is 143 Å². The highest BCUT2D eigenvalue weighted by Crippen LogP contribution is 2.24. The van der Waals surface area contributed by atoms with E-state index in [0.717, 1.165) is 26.8 Å². The summed E-state index contributed by atoms with van der Waals surface area (Å²) in [6.07, 6.45) is 2.54. The molecule has 0 N–H and O–H groups in total. The van der Waals surface area contributed by atoms with Gasteiger partial charge in [-0.25, -0.2) is 4.98 Å². The minimum Gasteiger partial charge on any atom is -0.472 e. The molecule has 2 aromatic heterocycles. The minimum atomic E-state index is 0.00558. The van der Waals surface area contributed by atoms with Crippen LogP contribution >= 0.6 is 43.2 Å². The fraction of sp³-hybridized carbons (Fsp3) is 0.286. The third kappa shape index (κ3) is 3.64. The topological polar surface area (TPSA) is 42.4 Å². The maximum atomic E-state index is 12.3. The van der Waals surface area contributed by atoms with Crippen molar-refractivity contribution in [1.82, 2.24) is 9.88 Å². The van der Waals surface area contributed by atoms with E-state index < -0.39 is 0 Å². The van der Waals surface area contributed by atoms with E-state index in [2.05, 4.69) is 36.8 Å². The maximum absolute atomic E-state index is 12.3. The van der Waals surface area contributed by atoms with E-state index in [1.165, 1.54) is 11.3 Å². The number of likely N-dealkylation sites (tertiary alicyclic amines) is 1. The molecule has 0 radical (unpaired) electrons. The van der Waals surface area contributed by atoms with Crippen molar-refractivity contribution in [2.75, 3.05) is 13.1 Å². The number of thiophene rings is 1. The van der Waals surface area contributed by atoms with Crippen LogP contribution in [0.3, 0.4) is 0 Å². The van der Waals surface area contributed by atoms with Crippen molar-refractivity contribution >= 4 is 49.1 Å². The number of amides is 1. The van der Waals surface area contributed by atoms with Crippen molar-refractivity contribution in [2.45, 2.75) is 12.5 Å². The highest BCUT2D eigenvalue weighted by atomic mass is 79.9. The van der Waals surface area contributed by atoms with Crippen molar-refractivity contribution in [3.05, 3.63) is 43.6 Å². The molecule has 0 aliphatic carbocycles. The Morgan fingerprint density at radius 2 is 2.24 bits per heavy atom. The summed E-state index contributed by atoms with van der Waals surface area (Å²) in [5.74, 6) is 0.664. The van der Waals surface area contributed by atoms with Crippen LogP contribution in [0.15, 0.2) is 38.7 Å². The van der Waals surface area contributed by atoms with Crippen molar-refractivity contribution in [1.29, 1.82) is 0 Å². The second kappa shape index (κ2) is 6.46. The summed E-state index contributed by atoms with van der Waals surface area (Å²) in [4.78, 5) is 19.1. The van der Waals surface area contributed by atoms with E-state index in [9.17, 15) is 4.79 Å². The van der Waals surface area contributed by atoms with Crippen LogP contribution in [-0.2, 0) is 0 Å². The first-order valence-corrected chi connectivity index (χ1v) is 8.90. The number of carbonyl (C=O) groups excluding carboxylic acids is 1. The Morgan fingerprint density at radius 3 is 2.90 bits per heavy atom. The standard InChI is InChI=1S/C14H12Br2N2O2S/c15-9-1-2-13(17-6-9)20-11-3-4-18(7-11)14(19)12-5-10(16)8-21-12/h1-2,5-6,8,11H,3-4,7H2. The summed E-state index contributed by atoms with van der Waals surface area (Å²) < 4.78 is 7.68. The number of nitrogens with zero attached hydrogens (tertiary/aromatic N) is 2. The molecule has 0 aromatic carbocycles. The molecule has 21 heavy (non-hydrogen) atoms. The molecule has 0 bridgehead atoms. The fourth-order valence-corrected chi connectivity index (χ4v) is 3.82. The van der Waals surface area contributed by atoms with Crippen LogP contribution < -0.4 is 4.74 Å². The molecule has 1 aliphatic heterocycles. The molecule has 7 heteroatoms. The molecule has 4 nitrogen and oxygen atoms in total. The first kappa shape index (κ1) is 15.0. The molecule has 2 aromatic rings. The predicted molar refractivity (Wildman–Crippen MR) is 88.9 cm³/mol. The van der Waals surface area contributed by atoms with Gasteiger partial charge in [-0.1, -0.05) is 0 Å². The van der Waals surface area contributed by atoms with Gasteiger partial charge in [0.2, 0.25) is 5.88 Å². The molecule has 0 spiro atoms. The summed E-state index contributed by atoms with van der Waals surface area (Å²) in [5.41, 5.74) is 0. The molecule has 1 unspecified atom stereocenters. The van der Waals surface area contributed by atoms with Crippen molar-refractivity contribution in [2.24, 2.45) is 0 Å². The summed E-state index contributed by atoms with van der Waals surface area (Å²) in [7, 11) is 0. The molecule has 1 amide bonds. The number of rotatable bonds is 3. The third-order valence-corrected chi connectivity index (χ3v) is 5.35. The molecule has 3 heterocycles. The number of halogens is 2. The predicted octanol–water partition coefficient (Wildman–Crippen LogP) is 3.96. The SMILES string of the molecule is O=C(c1cc(Br)cs1)N1CCC(Oc2ccc(Br)cn2)C1. The normalized spacial score (nSPS) is 18.0. The van der Waals surface area contributed by atoms with Crippen molar-refractivity contribution in [3.63, 3.8) is 0 Å². The van der Waals surface area contributed by atoms with Gasteiger partial charge in [0.1, 0.15) is 6.10 Å². The molecule has 1 aliphatic rings. The van der Waals surface area contributed by atoms with Crippen LogP contribution in [0.2, 0.25) is 0 Å². The zero-order valence-corrected chi connectivity index (χ0v) is 14.9. The number of aromatic nitrogens is 1. The Morgan fingerprint density at radius 1 is 1.38 bits per heavy atom. The fourth-order valence-electron chi connectivity index (χ4n) is 2.19. The van der Waals surface area contributed by atoms with Gasteiger partial charge >= 0.3 is 0 Å². The van der Waals surface area contributed by atoms with Crippen LogP contribution in [0.1, 0.15) is 16.1 Å². The number of hydrogen-bond donors (Lipinski definition) is 0. The summed E-state index contributed by atoms with van der Waals surface area (Å²) in [6.45, 7) is 1.32. The van der Waals surface area contributed by atoms with Gasteiger partial charge in [-0.15, -0.1) is 11.3 Å². The van der Waals surface area contributed by atoms with Gasteiger partial charge in [0.15, 0.2) is 0 Å². The van der Waals surface area contributed by atoms with E-state index >= 15 is 0 Å². The van der Waals surface area contributed by atoms with Crippen LogP contribution in [0.25, 0.3) is 0 Å². The largest absolute Gasteiger partial charge is 0.472 e. The molecular formula is C14H12Br2N2O2S. The Hall–Kier alpha value is -0.920. The lowest BCUT2D eigenvalue weighted by Gasteiger charge is -2.16. The van der Waals surface area contributed by atoms with E-state index in [4.69, 9.17) is 4.74 Å². The highest BCUT2D eigenvalue weighted by Gasteiger charge is 2.29. The average Bonchev–Trinajstić information content (AvgIpc) is 3.10. The second-order valence-corrected chi connectivity index (χ2v) is 7.47. The smallest absolute Gasteiger partial charge is 0.264 e. The molecule has 3 rings (SSSR count). The van der Waals surface area contributed by atoms with Crippen LogP contribution in [0, 0.1) is 0 Å². The lowest BCUT2D eigenvalue weighted by atomic mass is 10.3. The van der Waals surface area contributed by atoms with Gasteiger partial charge < -0.3 is 9.64 Å². The zero-order valence-electron chi connectivity index (χ0n) is 11.0. The third-order valence-electron chi connectivity index (χ3n) is 3.20. The van der Waals surface area contributed by atoms with Gasteiger partial charge in [-0.2, -0.15) is 0 Å². The van der Waals surface area contributed by atoms with E-state index in [0.29, 0.717) is 12.4 Å². The van der Waals surface area contributed by atoms with E-state index in [-0.39, 0.29) is 12.0 Å². The number of hydrogen-bond acceptors (Lipinski definition) is 4. The second-order valence-electron chi connectivity index (χ2n) is 4.72. The first-order valence-electron chi connectivity index (χ1n) is 6.43. The van der Waals surface area contributed by atoms with Gasteiger partial charge in [0.05, 0.1) is 11.4 Å². The van der Waals surface area contributed by atoms with Gasteiger partial charge in [-0.05, 0) is 44.0 Å². The van der Waals surface area contributed by atoms with Gasteiger partial charge in [-0.3, -0.25) is 4.79 Å². The summed E-state index contributed by atoms with van der Waals surface area (Å²) in [5, 5.41) is 1.92. The van der Waals surface area contributed by atoms with Gasteiger partial charge in [0, 0.05) is 39.6 Å². The average molecular weight is 432 g/mol. The zero-order chi connectivity index (χ0) is 14.8. The van der Waals surface area contributed by atoms with E-state index in [1.807, 2.05) is 28.5 Å². The van der Waals surface area contributed by atoms with Crippen molar-refractivity contribution in [3.8, 4) is 5.88 Å². The Kier molecular flexibility index (Phi) is 4.61. The quantitative estimate of drug-likeness (QED) is 0.738. The van der Waals surface area contributed by atoms with Crippen LogP contribution in [-0.4, -0.2) is 35.0 Å². The highest BCUT2D eigenvalue weighted by molar-refractivity contribution is 9.10. The first-order chi connectivity index (χ1) is 10.1. The number of ether oxygens (including phenoxy) is 1. The van der Waals surface area contributed by atoms with Crippen LogP contribution in [0.4, 0.5) is 0 Å². The maximum Gasteiger partial charge on any atom is 0.264 e. The number of carbonyl (C=O) groups is 1. The molecule has 1 fully saturated rings. The van der Waals surface area contributed by atoms with Gasteiger partial charge in [0.25, 0.3) is 5.91 Å². The van der Waals surface area contributed by atoms with E-state index in [1.54, 1.807) is 6.20 Å². The summed E-state index contributed by atoms with van der Waals surface area (Å²) in [6, 6.07) is 5.58.